The van der Waals surface area contributed by atoms with Crippen LogP contribution in [0.5, 0.6) is 0 Å². The van der Waals surface area contributed by atoms with Crippen molar-refractivity contribution in [3.05, 3.63) is 53.9 Å². The third-order valence-electron chi connectivity index (χ3n) is 4.22. The molecule has 4 aromatic rings. The summed E-state index contributed by atoms with van der Waals surface area (Å²) in [6, 6.07) is 14.7. The van der Waals surface area contributed by atoms with E-state index in [-0.39, 0.29) is 0 Å². The Morgan fingerprint density at radius 3 is 2.73 bits per heavy atom. The minimum atomic E-state index is 0.983. The van der Waals surface area contributed by atoms with E-state index in [1.165, 1.54) is 12.0 Å². The van der Waals surface area contributed by atoms with Crippen molar-refractivity contribution in [1.82, 2.24) is 14.4 Å². The first-order chi connectivity index (χ1) is 10.8. The van der Waals surface area contributed by atoms with Crippen LogP contribution in [0.3, 0.4) is 0 Å². The Morgan fingerprint density at radius 1 is 1.00 bits per heavy atom. The fourth-order valence-electron chi connectivity index (χ4n) is 3.09. The summed E-state index contributed by atoms with van der Waals surface area (Å²) >= 11 is 0. The molecule has 0 bridgehead atoms. The lowest BCUT2D eigenvalue weighted by atomic mass is 10.1. The maximum atomic E-state index is 4.93. The van der Waals surface area contributed by atoms with Gasteiger partial charge in [0, 0.05) is 11.8 Å². The van der Waals surface area contributed by atoms with Gasteiger partial charge >= 0.3 is 0 Å². The lowest BCUT2D eigenvalue weighted by molar-refractivity contribution is 0.749. The molecule has 0 radical (unpaired) electrons. The maximum Gasteiger partial charge on any atom is 0.148 e. The van der Waals surface area contributed by atoms with Crippen LogP contribution in [0, 0.1) is 6.92 Å². The average Bonchev–Trinajstić information content (AvgIpc) is 2.93. The molecule has 110 valence electrons. The molecule has 3 heteroatoms. The van der Waals surface area contributed by atoms with E-state index in [4.69, 9.17) is 9.97 Å². The molecule has 2 aromatic carbocycles. The molecule has 0 unspecified atom stereocenters. The summed E-state index contributed by atoms with van der Waals surface area (Å²) in [7, 11) is 0. The van der Waals surface area contributed by atoms with E-state index in [2.05, 4.69) is 54.6 Å². The number of unbranched alkanes of at least 4 members (excludes halogenated alkanes) is 1. The lowest BCUT2D eigenvalue weighted by Crippen LogP contribution is -2.02. The number of imidazole rings is 1. The molecule has 0 aliphatic carbocycles. The van der Waals surface area contributed by atoms with Crippen LogP contribution in [-0.4, -0.2) is 14.4 Å². The van der Waals surface area contributed by atoms with Gasteiger partial charge in [0.15, 0.2) is 0 Å². The predicted molar refractivity (Wildman–Crippen MR) is 91.3 cm³/mol. The molecule has 3 nitrogen and oxygen atoms in total. The van der Waals surface area contributed by atoms with Crippen LogP contribution in [0.2, 0.25) is 0 Å². The normalized spacial score (nSPS) is 11.7. The third kappa shape index (κ3) is 1.97. The molecular formula is C19H19N3. The van der Waals surface area contributed by atoms with Gasteiger partial charge in [-0.25, -0.2) is 9.97 Å². The lowest BCUT2D eigenvalue weighted by Gasteiger charge is -2.09. The molecule has 0 aliphatic rings. The number of hydrogen-bond acceptors (Lipinski definition) is 2. The van der Waals surface area contributed by atoms with Crippen molar-refractivity contribution < 1.29 is 0 Å². The largest absolute Gasteiger partial charge is 0.280 e. The minimum absolute atomic E-state index is 0.983. The number of aryl methyl sites for hydroxylation is 2. The standard InChI is InChI=1S/C19H19N3/c1-3-4-9-18-20-15-11-10-13(2)12-14(15)19-21-16-7-5-6-8-17(16)22(18)19/h5-8,10-12H,3-4,9H2,1-2H3. The van der Waals surface area contributed by atoms with Crippen LogP contribution >= 0.6 is 0 Å². The van der Waals surface area contributed by atoms with E-state index in [0.29, 0.717) is 0 Å². The first-order valence-corrected chi connectivity index (χ1v) is 7.94. The van der Waals surface area contributed by atoms with E-state index in [1.807, 2.05) is 6.07 Å². The van der Waals surface area contributed by atoms with E-state index >= 15 is 0 Å². The van der Waals surface area contributed by atoms with Crippen molar-refractivity contribution in [2.45, 2.75) is 33.1 Å². The van der Waals surface area contributed by atoms with Crippen molar-refractivity contribution in [1.29, 1.82) is 0 Å². The van der Waals surface area contributed by atoms with Crippen molar-refractivity contribution in [2.75, 3.05) is 0 Å². The number of benzene rings is 2. The predicted octanol–water partition coefficient (Wildman–Crippen LogP) is 4.69. The van der Waals surface area contributed by atoms with E-state index in [9.17, 15) is 0 Å². The minimum Gasteiger partial charge on any atom is -0.280 e. The summed E-state index contributed by atoms with van der Waals surface area (Å²) < 4.78 is 2.24. The van der Waals surface area contributed by atoms with Crippen molar-refractivity contribution in [3.63, 3.8) is 0 Å². The molecular weight excluding hydrogens is 270 g/mol. The highest BCUT2D eigenvalue weighted by Gasteiger charge is 2.13. The summed E-state index contributed by atoms with van der Waals surface area (Å²) in [5.41, 5.74) is 5.50. The van der Waals surface area contributed by atoms with Crippen LogP contribution in [-0.2, 0) is 6.42 Å². The van der Waals surface area contributed by atoms with Gasteiger partial charge in [0.05, 0.1) is 16.6 Å². The fourth-order valence-corrected chi connectivity index (χ4v) is 3.09. The Balaban J connectivity index is 2.16. The number of para-hydroxylation sites is 2. The number of aromatic nitrogens is 3. The van der Waals surface area contributed by atoms with Gasteiger partial charge in [-0.15, -0.1) is 0 Å². The topological polar surface area (TPSA) is 30.2 Å². The van der Waals surface area contributed by atoms with Crippen LogP contribution in [0.15, 0.2) is 42.5 Å². The van der Waals surface area contributed by atoms with Gasteiger partial charge in [0.1, 0.15) is 11.5 Å². The smallest absolute Gasteiger partial charge is 0.148 e. The highest BCUT2D eigenvalue weighted by atomic mass is 15.1. The maximum absolute atomic E-state index is 4.93. The molecule has 4 rings (SSSR count). The monoisotopic (exact) mass is 289 g/mol. The van der Waals surface area contributed by atoms with Crippen molar-refractivity contribution in [3.8, 4) is 0 Å². The van der Waals surface area contributed by atoms with Crippen molar-refractivity contribution >= 4 is 27.6 Å². The molecule has 2 aromatic heterocycles. The Bertz CT molecular complexity index is 982. The molecule has 0 spiro atoms. The molecule has 22 heavy (non-hydrogen) atoms. The number of nitrogens with zero attached hydrogens (tertiary/aromatic N) is 3. The first kappa shape index (κ1) is 13.3. The van der Waals surface area contributed by atoms with Crippen LogP contribution in [0.25, 0.3) is 27.6 Å². The third-order valence-corrected chi connectivity index (χ3v) is 4.22. The SMILES string of the molecule is CCCCc1nc2ccc(C)cc2c2nc3ccccc3n12. The number of hydrogen-bond donors (Lipinski definition) is 0. The quantitative estimate of drug-likeness (QED) is 0.548. The summed E-state index contributed by atoms with van der Waals surface area (Å²) in [5, 5.41) is 1.14. The Morgan fingerprint density at radius 2 is 1.86 bits per heavy atom. The highest BCUT2D eigenvalue weighted by molar-refractivity contribution is 5.96. The van der Waals surface area contributed by atoms with Crippen molar-refractivity contribution in [2.24, 2.45) is 0 Å². The second kappa shape index (κ2) is 5.09. The number of rotatable bonds is 3. The summed E-state index contributed by atoms with van der Waals surface area (Å²) in [5.74, 6) is 1.11. The zero-order chi connectivity index (χ0) is 15.1. The van der Waals surface area contributed by atoms with E-state index < -0.39 is 0 Å². The second-order valence-electron chi connectivity index (χ2n) is 5.91. The van der Waals surface area contributed by atoms with E-state index in [1.54, 1.807) is 0 Å². The van der Waals surface area contributed by atoms with Gasteiger partial charge in [0.25, 0.3) is 0 Å². The van der Waals surface area contributed by atoms with Crippen LogP contribution < -0.4 is 0 Å². The van der Waals surface area contributed by atoms with Gasteiger partial charge in [0.2, 0.25) is 0 Å². The summed E-state index contributed by atoms with van der Waals surface area (Å²) in [4.78, 5) is 9.80. The second-order valence-corrected chi connectivity index (χ2v) is 5.91. The van der Waals surface area contributed by atoms with Gasteiger partial charge in [-0.1, -0.05) is 37.1 Å². The summed E-state index contributed by atoms with van der Waals surface area (Å²) in [6.07, 6.45) is 3.30. The summed E-state index contributed by atoms with van der Waals surface area (Å²) in [6.45, 7) is 4.33. The molecule has 0 amide bonds. The van der Waals surface area contributed by atoms with Crippen LogP contribution in [0.4, 0.5) is 0 Å². The molecule has 0 atom stereocenters. The zero-order valence-corrected chi connectivity index (χ0v) is 13.0. The van der Waals surface area contributed by atoms with Crippen LogP contribution in [0.1, 0.15) is 31.2 Å². The first-order valence-electron chi connectivity index (χ1n) is 7.94. The fraction of sp³-hybridized carbons (Fsp3) is 0.263. The Hall–Kier alpha value is -2.42. The number of fused-ring (bicyclic) bond motifs is 5. The average molecular weight is 289 g/mol. The molecule has 0 fully saturated rings. The Kier molecular flexibility index (Phi) is 3.07. The van der Waals surface area contributed by atoms with Gasteiger partial charge < -0.3 is 0 Å². The molecule has 0 saturated carbocycles. The molecule has 0 aliphatic heterocycles. The Labute approximate surface area is 129 Å². The molecule has 0 saturated heterocycles. The molecule has 2 heterocycles. The zero-order valence-electron chi connectivity index (χ0n) is 13.0. The highest BCUT2D eigenvalue weighted by Crippen LogP contribution is 2.26. The van der Waals surface area contributed by atoms with E-state index in [0.717, 1.165) is 46.2 Å². The van der Waals surface area contributed by atoms with Gasteiger partial charge in [-0.3, -0.25) is 4.40 Å². The molecule has 0 N–H and O–H groups in total. The van der Waals surface area contributed by atoms with Gasteiger partial charge in [-0.2, -0.15) is 0 Å². The van der Waals surface area contributed by atoms with Gasteiger partial charge in [-0.05, 0) is 37.6 Å².